The second-order valence-electron chi connectivity index (χ2n) is 11.7. The van der Waals surface area contributed by atoms with Crippen molar-refractivity contribution in [2.75, 3.05) is 98.7 Å². The number of benzene rings is 2. The quantitative estimate of drug-likeness (QED) is 0.238. The van der Waals surface area contributed by atoms with Gasteiger partial charge in [0.05, 0.1) is 64.6 Å². The fraction of sp³-hybridized carbons (Fsp3) is 0.647. The molecule has 0 saturated carbocycles. The van der Waals surface area contributed by atoms with Gasteiger partial charge in [0.25, 0.3) is 0 Å². The molecule has 1 N–H and O–H groups in total. The first kappa shape index (κ1) is 33.6. The van der Waals surface area contributed by atoms with Gasteiger partial charge >= 0.3 is 0 Å². The molecule has 2 heterocycles. The average molecular weight is 601 g/mol. The van der Waals surface area contributed by atoms with Gasteiger partial charge in [0, 0.05) is 65.3 Å². The van der Waals surface area contributed by atoms with Crippen LogP contribution in [0.1, 0.15) is 36.0 Å². The summed E-state index contributed by atoms with van der Waals surface area (Å²) in [7, 11) is 5.18. The summed E-state index contributed by atoms with van der Waals surface area (Å²) in [5.74, 6) is 1.79. The Morgan fingerprint density at radius 2 is 1.70 bits per heavy atom. The summed E-state index contributed by atoms with van der Waals surface area (Å²) >= 11 is 0. The van der Waals surface area contributed by atoms with Gasteiger partial charge in [-0.05, 0) is 35.2 Å². The first-order valence-electron chi connectivity index (χ1n) is 15.7. The Bertz CT molecular complexity index is 1050. The van der Waals surface area contributed by atoms with E-state index in [4.69, 9.17) is 33.2 Å². The normalized spacial score (nSPS) is 20.9. The van der Waals surface area contributed by atoms with Gasteiger partial charge in [-0.3, -0.25) is 0 Å². The number of methoxy groups -OCH3 is 3. The maximum Gasteiger partial charge on any atom is 0.142 e. The minimum absolute atomic E-state index is 0.00635. The largest absolute Gasteiger partial charge is 0.490 e. The van der Waals surface area contributed by atoms with E-state index in [9.17, 15) is 0 Å². The van der Waals surface area contributed by atoms with Crippen LogP contribution < -0.4 is 15.0 Å². The highest BCUT2D eigenvalue weighted by atomic mass is 16.5. The van der Waals surface area contributed by atoms with Crippen molar-refractivity contribution < 1.29 is 33.2 Å². The molecule has 0 aliphatic carbocycles. The zero-order valence-corrected chi connectivity index (χ0v) is 26.6. The van der Waals surface area contributed by atoms with E-state index < -0.39 is 0 Å². The van der Waals surface area contributed by atoms with Crippen LogP contribution in [0.2, 0.25) is 0 Å². The van der Waals surface area contributed by atoms with Crippen molar-refractivity contribution in [2.24, 2.45) is 11.8 Å². The lowest BCUT2D eigenvalue weighted by Crippen LogP contribution is -2.48. The van der Waals surface area contributed by atoms with Crippen LogP contribution in [-0.4, -0.2) is 99.9 Å². The predicted octanol–water partition coefficient (Wildman–Crippen LogP) is 4.27. The lowest BCUT2D eigenvalue weighted by molar-refractivity contribution is -0.0288. The minimum atomic E-state index is 0.00635. The first-order valence-corrected chi connectivity index (χ1v) is 15.7. The topological polar surface area (TPSA) is 79.9 Å². The molecule has 1 saturated heterocycles. The summed E-state index contributed by atoms with van der Waals surface area (Å²) < 4.78 is 40.3. The summed E-state index contributed by atoms with van der Waals surface area (Å²) in [5.41, 5.74) is 4.72. The molecular formula is C34H52N2O7. The molecule has 0 amide bonds. The third kappa shape index (κ3) is 10.4. The summed E-state index contributed by atoms with van der Waals surface area (Å²) in [4.78, 5) is 2.39. The third-order valence-corrected chi connectivity index (χ3v) is 8.13. The molecule has 1 unspecified atom stereocenters. The maximum atomic E-state index is 6.70. The molecule has 0 bridgehead atoms. The Morgan fingerprint density at radius 3 is 2.49 bits per heavy atom. The lowest BCUT2D eigenvalue weighted by atomic mass is 9.79. The van der Waals surface area contributed by atoms with Crippen molar-refractivity contribution >= 4 is 5.69 Å². The van der Waals surface area contributed by atoms with Crippen molar-refractivity contribution in [1.29, 1.82) is 0 Å². The van der Waals surface area contributed by atoms with Crippen LogP contribution in [0.15, 0.2) is 42.5 Å². The lowest BCUT2D eigenvalue weighted by Gasteiger charge is -2.39. The van der Waals surface area contributed by atoms with E-state index >= 15 is 0 Å². The average Bonchev–Trinajstić information content (AvgIpc) is 3.03. The van der Waals surface area contributed by atoms with E-state index in [-0.39, 0.29) is 17.9 Å². The van der Waals surface area contributed by atoms with Crippen LogP contribution in [0, 0.1) is 11.8 Å². The van der Waals surface area contributed by atoms with Gasteiger partial charge in [0.2, 0.25) is 0 Å². The van der Waals surface area contributed by atoms with E-state index in [2.05, 4.69) is 59.6 Å². The summed E-state index contributed by atoms with van der Waals surface area (Å²) in [6.45, 7) is 11.4. The molecule has 2 aliphatic heterocycles. The van der Waals surface area contributed by atoms with E-state index in [1.54, 1.807) is 21.3 Å². The van der Waals surface area contributed by atoms with Crippen molar-refractivity contribution in [1.82, 2.24) is 5.32 Å². The van der Waals surface area contributed by atoms with Gasteiger partial charge in [-0.15, -0.1) is 0 Å². The van der Waals surface area contributed by atoms with E-state index in [1.165, 1.54) is 11.1 Å². The number of rotatable bonds is 19. The van der Waals surface area contributed by atoms with Crippen molar-refractivity contribution in [3.63, 3.8) is 0 Å². The fourth-order valence-electron chi connectivity index (χ4n) is 5.95. The maximum absolute atomic E-state index is 6.70. The molecule has 2 aromatic rings. The van der Waals surface area contributed by atoms with Crippen LogP contribution >= 0.6 is 0 Å². The van der Waals surface area contributed by atoms with Crippen LogP contribution in [0.25, 0.3) is 0 Å². The molecule has 0 aromatic heterocycles. The standard InChI is InChI=1S/C34H52N2O7/c1-26(21-39-4)22-41-23-27-6-9-29(10-7-27)34-30(25-40-17-16-38-3)19-35-20-33(34)43-24-28-8-11-32-31(18-28)36(13-15-42-32)12-5-14-37-2/h6-11,18,26,30,33-35H,5,12-17,19-25H2,1-4H3/t26?,30-,33-,34-/m0/s1. The zero-order valence-electron chi connectivity index (χ0n) is 26.6. The van der Waals surface area contributed by atoms with Crippen LogP contribution in [0.5, 0.6) is 5.75 Å². The first-order chi connectivity index (χ1) is 21.1. The zero-order chi connectivity index (χ0) is 30.3. The van der Waals surface area contributed by atoms with Gasteiger partial charge in [-0.2, -0.15) is 0 Å². The molecule has 240 valence electrons. The number of hydrogen-bond donors (Lipinski definition) is 1. The highest BCUT2D eigenvalue weighted by Gasteiger charge is 2.35. The van der Waals surface area contributed by atoms with Gasteiger partial charge in [-0.1, -0.05) is 37.3 Å². The Labute approximate surface area is 258 Å². The Hall–Kier alpha value is -2.24. The van der Waals surface area contributed by atoms with Crippen LogP contribution in [-0.2, 0) is 41.6 Å². The number of anilines is 1. The summed E-state index contributed by atoms with van der Waals surface area (Å²) in [6.07, 6.45) is 0.990. The van der Waals surface area contributed by atoms with E-state index in [0.29, 0.717) is 58.8 Å². The minimum Gasteiger partial charge on any atom is -0.490 e. The second-order valence-corrected chi connectivity index (χ2v) is 11.7. The SMILES string of the molecule is COCCCN1CCOc2ccc(CO[C@H]3CNC[C@@H](COCCOC)[C@@H]3c3ccc(COCC(C)COC)cc3)cc21. The van der Waals surface area contributed by atoms with Gasteiger partial charge in [-0.25, -0.2) is 0 Å². The molecular weight excluding hydrogens is 548 g/mol. The molecule has 0 radical (unpaired) electrons. The molecule has 2 aromatic carbocycles. The molecule has 4 rings (SSSR count). The number of nitrogens with one attached hydrogen (secondary N) is 1. The highest BCUT2D eigenvalue weighted by Crippen LogP contribution is 2.36. The Balaban J connectivity index is 1.43. The molecule has 2 aliphatic rings. The second kappa shape index (κ2) is 18.5. The van der Waals surface area contributed by atoms with Crippen molar-refractivity contribution in [3.8, 4) is 5.75 Å². The van der Waals surface area contributed by atoms with Crippen LogP contribution in [0.4, 0.5) is 5.69 Å². The van der Waals surface area contributed by atoms with E-state index in [1.807, 2.05) is 0 Å². The van der Waals surface area contributed by atoms with E-state index in [0.717, 1.165) is 56.2 Å². The number of nitrogens with zero attached hydrogens (tertiary/aromatic N) is 1. The number of ether oxygens (including phenoxy) is 7. The summed E-state index contributed by atoms with van der Waals surface area (Å²) in [6, 6.07) is 15.3. The van der Waals surface area contributed by atoms with Gasteiger partial charge in [0.1, 0.15) is 12.4 Å². The molecule has 1 fully saturated rings. The highest BCUT2D eigenvalue weighted by molar-refractivity contribution is 5.61. The monoisotopic (exact) mass is 600 g/mol. The third-order valence-electron chi connectivity index (χ3n) is 8.13. The molecule has 9 heteroatoms. The van der Waals surface area contributed by atoms with Gasteiger partial charge < -0.3 is 43.4 Å². The number of fused-ring (bicyclic) bond motifs is 1. The Morgan fingerprint density at radius 1 is 0.884 bits per heavy atom. The Kier molecular flexibility index (Phi) is 14.5. The summed E-state index contributed by atoms with van der Waals surface area (Å²) in [5, 5.41) is 3.60. The van der Waals surface area contributed by atoms with Crippen molar-refractivity contribution in [2.45, 2.75) is 38.6 Å². The predicted molar refractivity (Wildman–Crippen MR) is 168 cm³/mol. The molecule has 43 heavy (non-hydrogen) atoms. The number of piperidine rings is 1. The van der Waals surface area contributed by atoms with Crippen LogP contribution in [0.3, 0.4) is 0 Å². The van der Waals surface area contributed by atoms with Crippen molar-refractivity contribution in [3.05, 3.63) is 59.2 Å². The molecule has 0 spiro atoms. The van der Waals surface area contributed by atoms with Gasteiger partial charge in [0.15, 0.2) is 0 Å². The smallest absolute Gasteiger partial charge is 0.142 e. The fourth-order valence-corrected chi connectivity index (χ4v) is 5.95. The number of hydrogen-bond acceptors (Lipinski definition) is 9. The molecule has 9 nitrogen and oxygen atoms in total. The molecule has 4 atom stereocenters.